The molecule has 1 aromatic heterocycles. The highest BCUT2D eigenvalue weighted by Gasteiger charge is 2.16. The van der Waals surface area contributed by atoms with Crippen LogP contribution in [0.4, 0.5) is 0 Å². The summed E-state index contributed by atoms with van der Waals surface area (Å²) in [7, 11) is 0. The first-order valence-corrected chi connectivity index (χ1v) is 16.4. The Morgan fingerprint density at radius 1 is 0.486 bits per heavy atom. The Balaban J connectivity index is 2.11. The molecule has 1 heterocycles. The first-order chi connectivity index (χ1) is 17.3. The normalized spacial score (nSPS) is 11.5. The molecule has 0 N–H and O–H groups in total. The smallest absolute Gasteiger partial charge is 0.234 e. The second-order valence-corrected chi connectivity index (χ2v) is 11.3. The van der Waals surface area contributed by atoms with E-state index in [-0.39, 0.29) is 0 Å². The summed E-state index contributed by atoms with van der Waals surface area (Å²) in [4.78, 5) is 0. The highest BCUT2D eigenvalue weighted by Crippen LogP contribution is 2.14. The lowest BCUT2D eigenvalue weighted by Crippen LogP contribution is -2.37. The molecular weight excluding hydrogens is 424 g/mol. The number of aromatic nitrogens is 2. The lowest BCUT2D eigenvalue weighted by molar-refractivity contribution is -0.704. The van der Waals surface area contributed by atoms with Crippen LogP contribution in [0.5, 0.6) is 0 Å². The summed E-state index contributed by atoms with van der Waals surface area (Å²) < 4.78 is 5.16. The van der Waals surface area contributed by atoms with Gasteiger partial charge in [-0.3, -0.25) is 0 Å². The Kier molecular flexibility index (Phi) is 22.9. The molecular formula is C33H65N2+. The highest BCUT2D eigenvalue weighted by molar-refractivity contribution is 4.84. The van der Waals surface area contributed by atoms with Crippen molar-refractivity contribution < 1.29 is 4.57 Å². The van der Waals surface area contributed by atoms with Crippen molar-refractivity contribution in [3.63, 3.8) is 0 Å². The van der Waals surface area contributed by atoms with Crippen LogP contribution in [0.25, 0.3) is 0 Å². The SMILES string of the molecule is CCCCCCCCCCCCCCCCn1cc[n+](CCCCCCCCCC)c1CCCC. The zero-order chi connectivity index (χ0) is 25.2. The minimum absolute atomic E-state index is 1.22. The summed E-state index contributed by atoms with van der Waals surface area (Å²) in [5.74, 6) is 1.59. The molecule has 0 saturated heterocycles. The van der Waals surface area contributed by atoms with Gasteiger partial charge in [-0.25, -0.2) is 9.13 Å². The van der Waals surface area contributed by atoms with E-state index in [2.05, 4.69) is 42.3 Å². The number of aryl methyl sites for hydroxylation is 2. The maximum atomic E-state index is 2.58. The van der Waals surface area contributed by atoms with Crippen LogP contribution < -0.4 is 4.57 Å². The van der Waals surface area contributed by atoms with Gasteiger partial charge in [-0.2, -0.15) is 0 Å². The maximum Gasteiger partial charge on any atom is 0.256 e. The van der Waals surface area contributed by atoms with Crippen LogP contribution >= 0.6 is 0 Å². The van der Waals surface area contributed by atoms with Gasteiger partial charge in [0.05, 0.1) is 13.1 Å². The van der Waals surface area contributed by atoms with Crippen molar-refractivity contribution in [2.45, 2.75) is 194 Å². The fourth-order valence-corrected chi connectivity index (χ4v) is 5.42. The minimum Gasteiger partial charge on any atom is -0.234 e. The molecule has 1 rings (SSSR count). The Labute approximate surface area is 221 Å². The summed E-state index contributed by atoms with van der Waals surface area (Å²) in [6.45, 7) is 9.38. The van der Waals surface area contributed by atoms with Crippen LogP contribution in [0.15, 0.2) is 12.4 Å². The van der Waals surface area contributed by atoms with E-state index in [1.54, 1.807) is 5.82 Å². The van der Waals surface area contributed by atoms with Crippen molar-refractivity contribution >= 4 is 0 Å². The van der Waals surface area contributed by atoms with Crippen molar-refractivity contribution in [1.29, 1.82) is 0 Å². The molecule has 0 unspecified atom stereocenters. The van der Waals surface area contributed by atoms with Crippen molar-refractivity contribution in [3.8, 4) is 0 Å². The first kappa shape index (κ1) is 32.2. The van der Waals surface area contributed by atoms with Gasteiger partial charge in [0.25, 0.3) is 5.82 Å². The average molecular weight is 490 g/mol. The van der Waals surface area contributed by atoms with Crippen LogP contribution in [0.3, 0.4) is 0 Å². The van der Waals surface area contributed by atoms with Gasteiger partial charge in [-0.15, -0.1) is 0 Å². The molecule has 0 aromatic carbocycles. The third-order valence-corrected chi connectivity index (χ3v) is 7.85. The molecule has 0 fully saturated rings. The number of nitrogens with zero attached hydrogens (tertiary/aromatic N) is 2. The molecule has 0 saturated carbocycles. The fourth-order valence-electron chi connectivity index (χ4n) is 5.42. The van der Waals surface area contributed by atoms with Gasteiger partial charge in [0.1, 0.15) is 12.4 Å². The van der Waals surface area contributed by atoms with E-state index in [4.69, 9.17) is 0 Å². The Bertz CT molecular complexity index is 547. The van der Waals surface area contributed by atoms with E-state index in [9.17, 15) is 0 Å². The third-order valence-electron chi connectivity index (χ3n) is 7.85. The molecule has 35 heavy (non-hydrogen) atoms. The van der Waals surface area contributed by atoms with Crippen LogP contribution in [0.1, 0.15) is 181 Å². The van der Waals surface area contributed by atoms with Gasteiger partial charge >= 0.3 is 0 Å². The van der Waals surface area contributed by atoms with E-state index in [0.717, 1.165) is 0 Å². The van der Waals surface area contributed by atoms with Crippen molar-refractivity contribution in [2.75, 3.05) is 0 Å². The van der Waals surface area contributed by atoms with Crippen molar-refractivity contribution in [3.05, 3.63) is 18.2 Å². The lowest BCUT2D eigenvalue weighted by Gasteiger charge is -2.06. The Hall–Kier alpha value is -0.790. The second-order valence-electron chi connectivity index (χ2n) is 11.3. The fraction of sp³-hybridized carbons (Fsp3) is 0.909. The topological polar surface area (TPSA) is 8.81 Å². The van der Waals surface area contributed by atoms with Gasteiger partial charge in [0.2, 0.25) is 0 Å². The molecule has 0 atom stereocenters. The summed E-state index contributed by atoms with van der Waals surface area (Å²) in [6, 6.07) is 0. The highest BCUT2D eigenvalue weighted by atomic mass is 15.1. The Morgan fingerprint density at radius 3 is 1.34 bits per heavy atom. The van der Waals surface area contributed by atoms with Crippen LogP contribution in [-0.2, 0) is 19.5 Å². The first-order valence-electron chi connectivity index (χ1n) is 16.4. The van der Waals surface area contributed by atoms with E-state index in [1.807, 2.05) is 0 Å². The van der Waals surface area contributed by atoms with Gasteiger partial charge in [0, 0.05) is 6.42 Å². The number of rotatable bonds is 27. The predicted molar refractivity (Wildman–Crippen MR) is 156 cm³/mol. The Morgan fingerprint density at radius 2 is 0.886 bits per heavy atom. The monoisotopic (exact) mass is 490 g/mol. The number of hydrogen-bond acceptors (Lipinski definition) is 0. The van der Waals surface area contributed by atoms with Gasteiger partial charge < -0.3 is 0 Å². The van der Waals surface area contributed by atoms with Crippen LogP contribution in [0, 0.1) is 0 Å². The van der Waals surface area contributed by atoms with Crippen LogP contribution in [-0.4, -0.2) is 4.57 Å². The molecule has 0 spiro atoms. The second kappa shape index (κ2) is 24.9. The molecule has 0 aliphatic carbocycles. The van der Waals surface area contributed by atoms with Gasteiger partial charge in [0.15, 0.2) is 0 Å². The lowest BCUT2D eigenvalue weighted by atomic mass is 10.0. The molecule has 0 bridgehead atoms. The summed E-state index contributed by atoms with van der Waals surface area (Å²) in [5, 5.41) is 0. The zero-order valence-corrected chi connectivity index (χ0v) is 24.6. The van der Waals surface area contributed by atoms with E-state index in [0.29, 0.717) is 0 Å². The number of unbranched alkanes of at least 4 members (excludes halogenated alkanes) is 21. The third kappa shape index (κ3) is 18.2. The summed E-state index contributed by atoms with van der Waals surface area (Å²) in [5.41, 5.74) is 0. The summed E-state index contributed by atoms with van der Waals surface area (Å²) >= 11 is 0. The number of imidazole rings is 1. The standard InChI is InChI=1S/C33H65N2/c1-4-7-10-12-14-16-17-18-19-20-21-23-25-27-30-35-32-31-34(33(35)28-9-6-3)29-26-24-22-15-13-11-8-5-2/h31-32H,4-30H2,1-3H3/q+1. The van der Waals surface area contributed by atoms with Gasteiger partial charge in [-0.05, 0) is 32.1 Å². The predicted octanol–water partition coefficient (Wildman–Crippen LogP) is 10.7. The quantitative estimate of drug-likeness (QED) is 0.0858. The van der Waals surface area contributed by atoms with Crippen molar-refractivity contribution in [1.82, 2.24) is 4.57 Å². The largest absolute Gasteiger partial charge is 0.256 e. The molecule has 0 aliphatic rings. The summed E-state index contributed by atoms with van der Waals surface area (Å²) in [6.07, 6.45) is 40.0. The minimum atomic E-state index is 1.22. The molecule has 0 aliphatic heterocycles. The van der Waals surface area contributed by atoms with E-state index >= 15 is 0 Å². The van der Waals surface area contributed by atoms with E-state index < -0.39 is 0 Å². The molecule has 1 aromatic rings. The zero-order valence-electron chi connectivity index (χ0n) is 24.6. The van der Waals surface area contributed by atoms with Gasteiger partial charge in [-0.1, -0.05) is 143 Å². The molecule has 0 amide bonds. The molecule has 2 nitrogen and oxygen atoms in total. The molecule has 206 valence electrons. The maximum absolute atomic E-state index is 2.58. The van der Waals surface area contributed by atoms with E-state index in [1.165, 1.54) is 174 Å². The molecule has 0 radical (unpaired) electrons. The number of hydrogen-bond donors (Lipinski definition) is 0. The van der Waals surface area contributed by atoms with Crippen molar-refractivity contribution in [2.24, 2.45) is 0 Å². The average Bonchev–Trinajstić information content (AvgIpc) is 3.25. The molecule has 2 heteroatoms. The van der Waals surface area contributed by atoms with Crippen LogP contribution in [0.2, 0.25) is 0 Å².